The second kappa shape index (κ2) is 2.45. The Bertz CT molecular complexity index is 38.9. The van der Waals surface area contributed by atoms with Gasteiger partial charge in [-0.1, -0.05) is 0 Å². The van der Waals surface area contributed by atoms with E-state index in [9.17, 15) is 0 Å². The fourth-order valence-corrected chi connectivity index (χ4v) is 0. The van der Waals surface area contributed by atoms with Crippen molar-refractivity contribution in [2.75, 3.05) is 0 Å². The van der Waals surface area contributed by atoms with Gasteiger partial charge in [0.15, 0.2) is 0 Å². The Morgan fingerprint density at radius 2 is 2.00 bits per heavy atom. The second-order valence-electron chi connectivity index (χ2n) is 0.292. The predicted molar refractivity (Wildman–Crippen MR) is 6.62 cm³/mol. The first-order valence-electron chi connectivity index (χ1n) is 0.698. The number of hydrogen-bond acceptors (Lipinski definition) is 3. The van der Waals surface area contributed by atoms with E-state index in [0.29, 0.717) is 0 Å². The summed E-state index contributed by atoms with van der Waals surface area (Å²) in [6, 6.07) is 0. The summed E-state index contributed by atoms with van der Waals surface area (Å²) in [5.41, 5.74) is 0. The fourth-order valence-electron chi connectivity index (χ4n) is 0. The summed E-state index contributed by atoms with van der Waals surface area (Å²) in [7, 11) is 0. The maximum absolute atomic E-state index is 9.10. The Morgan fingerprint density at radius 1 is 1.80 bits per heavy atom. The van der Waals surface area contributed by atoms with Gasteiger partial charge >= 0.3 is 31.9 Å². The van der Waals surface area contributed by atoms with E-state index in [1.165, 1.54) is 0 Å². The molecule has 0 aliphatic rings. The zero-order valence-corrected chi connectivity index (χ0v) is 3.39. The average Bonchev–Trinajstić information content (AvgIpc) is 1.38. The van der Waals surface area contributed by atoms with E-state index in [0.717, 1.165) is 0 Å². The standard InChI is InChI=1S/Cr.H2O2.H2O.O/c;1-2;;/h;1-2H;1H2;/q+2;;;/p-2. The third-order valence-electron chi connectivity index (χ3n) is 0.0638. The Kier molecular flexibility index (Phi) is 2.55. The van der Waals surface area contributed by atoms with Gasteiger partial charge in [0.1, 0.15) is 0 Å². The molecule has 32 valence electrons. The molecule has 0 fully saturated rings. The molecule has 0 aromatic heterocycles. The third kappa shape index (κ3) is 4.21. The zero-order valence-electron chi connectivity index (χ0n) is 2.12. The minimum absolute atomic E-state index is 2.88. The molecule has 0 aromatic carbocycles. The van der Waals surface area contributed by atoms with Crippen LogP contribution in [0.4, 0.5) is 0 Å². The molecule has 0 heterocycles. The second-order valence-corrected chi connectivity index (χ2v) is 1.20. The molecule has 4 nitrogen and oxygen atoms in total. The topological polar surface area (TPSA) is 66.8 Å². The van der Waals surface area contributed by atoms with Crippen LogP contribution in [0.1, 0.15) is 0 Å². The van der Waals surface area contributed by atoms with E-state index >= 15 is 0 Å². The van der Waals surface area contributed by atoms with Gasteiger partial charge in [0.2, 0.25) is 0 Å². The Morgan fingerprint density at radius 3 is 2.00 bits per heavy atom. The number of hydrogen-bond donors (Lipinski definition) is 2. The summed E-state index contributed by atoms with van der Waals surface area (Å²) >= 11 is -3.24. The van der Waals surface area contributed by atoms with Crippen molar-refractivity contribution in [3.63, 3.8) is 0 Å². The van der Waals surface area contributed by atoms with Crippen molar-refractivity contribution >= 4 is 0 Å². The Hall–Kier alpha value is 0.212. The molecule has 0 rings (SSSR count). The molecule has 0 aliphatic heterocycles. The molecular weight excluding hydrogens is 116 g/mol. The first kappa shape index (κ1) is 5.21. The quantitative estimate of drug-likeness (QED) is 0.351. The van der Waals surface area contributed by atoms with E-state index < -0.39 is 14.8 Å². The van der Waals surface area contributed by atoms with Crippen LogP contribution in [0.2, 0.25) is 0 Å². The van der Waals surface area contributed by atoms with Crippen LogP contribution in [0.25, 0.3) is 0 Å². The summed E-state index contributed by atoms with van der Waals surface area (Å²) in [6.07, 6.45) is 0. The molecule has 0 spiro atoms. The average molecular weight is 118 g/mol. The van der Waals surface area contributed by atoms with Gasteiger partial charge in [-0.25, -0.2) is 0 Å². The van der Waals surface area contributed by atoms with Crippen molar-refractivity contribution in [2.24, 2.45) is 0 Å². The molecule has 0 aromatic rings. The summed E-state index contributed by atoms with van der Waals surface area (Å²) in [6.45, 7) is 0. The van der Waals surface area contributed by atoms with Crippen LogP contribution in [0.3, 0.4) is 0 Å². The van der Waals surface area contributed by atoms with Crippen molar-refractivity contribution in [1.82, 2.24) is 0 Å². The molecule has 5 heavy (non-hydrogen) atoms. The van der Waals surface area contributed by atoms with Gasteiger partial charge in [-0.3, -0.25) is 0 Å². The van der Waals surface area contributed by atoms with E-state index in [2.05, 4.69) is 3.94 Å². The van der Waals surface area contributed by atoms with Crippen LogP contribution in [0, 0.1) is 0 Å². The summed E-state index contributed by atoms with van der Waals surface area (Å²) in [5, 5.41) is 7.14. The van der Waals surface area contributed by atoms with E-state index in [1.54, 1.807) is 0 Å². The SMILES string of the molecule is [O]=[Cr]([OH])[O]O. The molecule has 0 atom stereocenters. The van der Waals surface area contributed by atoms with Crippen molar-refractivity contribution in [1.29, 1.82) is 0 Å². The molecule has 0 bridgehead atoms. The van der Waals surface area contributed by atoms with E-state index in [4.69, 9.17) is 13.2 Å². The van der Waals surface area contributed by atoms with Crippen LogP contribution in [0.5, 0.6) is 0 Å². The van der Waals surface area contributed by atoms with Gasteiger partial charge in [-0.15, -0.1) is 0 Å². The zero-order chi connectivity index (χ0) is 4.28. The van der Waals surface area contributed by atoms with Crippen molar-refractivity contribution in [3.05, 3.63) is 0 Å². The van der Waals surface area contributed by atoms with Crippen molar-refractivity contribution in [2.45, 2.75) is 0 Å². The molecular formula is H2CrO4. The van der Waals surface area contributed by atoms with Crippen molar-refractivity contribution < 1.29 is 31.9 Å². The van der Waals surface area contributed by atoms with Gasteiger partial charge in [-0.05, 0) is 0 Å². The molecule has 0 radical (unpaired) electrons. The van der Waals surface area contributed by atoms with Gasteiger partial charge in [0.05, 0.1) is 0 Å². The van der Waals surface area contributed by atoms with Gasteiger partial charge in [-0.2, -0.15) is 0 Å². The van der Waals surface area contributed by atoms with E-state index in [-0.39, 0.29) is 0 Å². The fraction of sp³-hybridized carbons (Fsp3) is 0. The van der Waals surface area contributed by atoms with Crippen LogP contribution in [0.15, 0.2) is 0 Å². The molecule has 0 amide bonds. The summed E-state index contributed by atoms with van der Waals surface area (Å²) < 4.78 is 19.4. The van der Waals surface area contributed by atoms with E-state index in [1.807, 2.05) is 0 Å². The van der Waals surface area contributed by atoms with Crippen LogP contribution >= 0.6 is 0 Å². The van der Waals surface area contributed by atoms with Crippen molar-refractivity contribution in [3.8, 4) is 0 Å². The number of rotatable bonds is 1. The van der Waals surface area contributed by atoms with Crippen LogP contribution in [-0.2, 0) is 22.5 Å². The normalized spacial score (nSPS) is 9.40. The Labute approximate surface area is 32.8 Å². The molecule has 5 heteroatoms. The van der Waals surface area contributed by atoms with Crippen LogP contribution < -0.4 is 0 Å². The minimum atomic E-state index is -3.24. The van der Waals surface area contributed by atoms with Gasteiger partial charge in [0.25, 0.3) is 0 Å². The first-order chi connectivity index (χ1) is 2.27. The molecule has 0 saturated heterocycles. The van der Waals surface area contributed by atoms with Crippen LogP contribution in [-0.4, -0.2) is 9.42 Å². The Balaban J connectivity index is 2.85. The molecule has 0 unspecified atom stereocenters. The summed E-state index contributed by atoms with van der Waals surface area (Å²) in [4.78, 5) is 0. The first-order valence-corrected chi connectivity index (χ1v) is 2.31. The molecule has 0 aliphatic carbocycles. The monoisotopic (exact) mass is 118 g/mol. The molecule has 0 saturated carbocycles. The summed E-state index contributed by atoms with van der Waals surface area (Å²) in [5.74, 6) is 0. The van der Waals surface area contributed by atoms with Gasteiger partial charge < -0.3 is 0 Å². The maximum atomic E-state index is 9.10. The predicted octanol–water partition coefficient (Wildman–Crippen LogP) is -0.738. The van der Waals surface area contributed by atoms with Gasteiger partial charge in [0, 0.05) is 0 Å². The third-order valence-corrected chi connectivity index (χ3v) is 0.263. The molecule has 2 N–H and O–H groups in total.